The van der Waals surface area contributed by atoms with Gasteiger partial charge in [0, 0.05) is 31.7 Å². The normalized spacial score (nSPS) is 11.0. The Morgan fingerprint density at radius 1 is 0.912 bits per heavy atom. The quantitative estimate of drug-likeness (QED) is 0.295. The van der Waals surface area contributed by atoms with Crippen molar-refractivity contribution < 1.29 is 9.90 Å². The Labute approximate surface area is 202 Å². The number of hydrogen-bond donors (Lipinski definition) is 2. The molecule has 7 heteroatoms. The second-order valence-electron chi connectivity index (χ2n) is 8.76. The minimum atomic E-state index is 0.245. The second kappa shape index (κ2) is 14.3. The number of hydrogen-bond acceptors (Lipinski definition) is 5. The summed E-state index contributed by atoms with van der Waals surface area (Å²) in [5, 5.41) is 23.2. The van der Waals surface area contributed by atoms with E-state index in [9.17, 15) is 4.79 Å². The van der Waals surface area contributed by atoms with Crippen molar-refractivity contribution in [3.05, 3.63) is 54.1 Å². The van der Waals surface area contributed by atoms with E-state index in [1.165, 1.54) is 0 Å². The molecule has 0 bridgehead atoms. The van der Waals surface area contributed by atoms with Crippen LogP contribution in [0.5, 0.6) is 0 Å². The van der Waals surface area contributed by atoms with Crippen LogP contribution in [0.15, 0.2) is 48.5 Å². The van der Waals surface area contributed by atoms with Crippen molar-refractivity contribution in [2.75, 3.05) is 13.2 Å². The number of carbonyl (C=O) groups is 1. The van der Waals surface area contributed by atoms with Gasteiger partial charge >= 0.3 is 0 Å². The lowest BCUT2D eigenvalue weighted by atomic mass is 9.98. The van der Waals surface area contributed by atoms with Crippen LogP contribution in [0.4, 0.5) is 0 Å². The summed E-state index contributed by atoms with van der Waals surface area (Å²) in [5.74, 6) is 0.887. The van der Waals surface area contributed by atoms with Crippen molar-refractivity contribution in [2.24, 2.45) is 0 Å². The molecule has 182 valence electrons. The molecule has 1 aromatic heterocycles. The number of amides is 1. The first-order chi connectivity index (χ1) is 16.7. The van der Waals surface area contributed by atoms with Crippen molar-refractivity contribution in [3.63, 3.8) is 0 Å². The zero-order valence-corrected chi connectivity index (χ0v) is 20.2. The van der Waals surface area contributed by atoms with E-state index in [0.29, 0.717) is 18.8 Å². The van der Waals surface area contributed by atoms with Crippen LogP contribution in [0.3, 0.4) is 0 Å². The largest absolute Gasteiger partial charge is 0.396 e. The first-order valence-corrected chi connectivity index (χ1v) is 12.5. The molecule has 0 aliphatic rings. The molecule has 0 radical (unpaired) electrons. The van der Waals surface area contributed by atoms with Crippen LogP contribution in [0.2, 0.25) is 0 Å². The lowest BCUT2D eigenvalue weighted by molar-refractivity contribution is -0.132. The fourth-order valence-corrected chi connectivity index (χ4v) is 4.12. The van der Waals surface area contributed by atoms with E-state index in [-0.39, 0.29) is 12.5 Å². The van der Waals surface area contributed by atoms with Gasteiger partial charge in [0.2, 0.25) is 5.91 Å². The van der Waals surface area contributed by atoms with Crippen molar-refractivity contribution in [1.29, 1.82) is 0 Å². The third-order valence-electron chi connectivity index (χ3n) is 6.10. The van der Waals surface area contributed by atoms with E-state index in [2.05, 4.69) is 57.9 Å². The van der Waals surface area contributed by atoms with Gasteiger partial charge in [0.1, 0.15) is 0 Å². The van der Waals surface area contributed by atoms with Crippen molar-refractivity contribution in [2.45, 2.75) is 71.3 Å². The highest BCUT2D eigenvalue weighted by Gasteiger charge is 2.14. The Morgan fingerprint density at radius 2 is 1.62 bits per heavy atom. The highest BCUT2D eigenvalue weighted by Crippen LogP contribution is 2.30. The molecule has 2 N–H and O–H groups in total. The van der Waals surface area contributed by atoms with Crippen LogP contribution in [0, 0.1) is 0 Å². The van der Waals surface area contributed by atoms with Gasteiger partial charge in [0.25, 0.3) is 0 Å². The number of benzene rings is 2. The lowest BCUT2D eigenvalue weighted by Crippen LogP contribution is -2.31. The van der Waals surface area contributed by atoms with Gasteiger partial charge in [-0.1, -0.05) is 87.6 Å². The minimum Gasteiger partial charge on any atom is -0.396 e. The summed E-state index contributed by atoms with van der Waals surface area (Å²) in [6, 6.07) is 16.5. The molecular formula is C27H37N5O2. The third kappa shape index (κ3) is 7.76. The molecular weight excluding hydrogens is 426 g/mol. The number of rotatable bonds is 15. The third-order valence-corrected chi connectivity index (χ3v) is 6.10. The van der Waals surface area contributed by atoms with Gasteiger partial charge < -0.3 is 10.0 Å². The second-order valence-corrected chi connectivity index (χ2v) is 8.76. The monoisotopic (exact) mass is 463 g/mol. The number of aromatic nitrogens is 4. The van der Waals surface area contributed by atoms with Gasteiger partial charge in [-0.25, -0.2) is 5.10 Å². The summed E-state index contributed by atoms with van der Waals surface area (Å²) >= 11 is 0. The average Bonchev–Trinajstić information content (AvgIpc) is 3.41. The molecule has 0 atom stereocenters. The molecule has 2 aromatic carbocycles. The molecule has 0 aliphatic carbocycles. The standard InChI is InChI=1S/C27H37N5O2/c1-2-3-14-26(34)32(19-10-6-4-5-7-11-20-33)21-22-15-17-23(18-16-22)24-12-8-9-13-25(24)27-28-30-31-29-27/h8-9,12-13,15-18,33H,2-7,10-11,14,19-21H2,1H3,(H,28,29,30,31). The molecule has 0 aliphatic heterocycles. The van der Waals surface area contributed by atoms with E-state index >= 15 is 0 Å². The highest BCUT2D eigenvalue weighted by atomic mass is 16.2. The summed E-state index contributed by atoms with van der Waals surface area (Å²) in [5.41, 5.74) is 4.23. The molecule has 0 saturated carbocycles. The summed E-state index contributed by atoms with van der Waals surface area (Å²) in [6.07, 6.45) is 8.99. The Bertz CT molecular complexity index is 973. The summed E-state index contributed by atoms with van der Waals surface area (Å²) in [7, 11) is 0. The van der Waals surface area contributed by atoms with Crippen LogP contribution < -0.4 is 0 Å². The number of aliphatic hydroxyl groups is 1. The van der Waals surface area contributed by atoms with Crippen molar-refractivity contribution in [1.82, 2.24) is 25.5 Å². The zero-order valence-electron chi connectivity index (χ0n) is 20.2. The van der Waals surface area contributed by atoms with Crippen LogP contribution in [0.25, 0.3) is 22.5 Å². The number of tetrazole rings is 1. The van der Waals surface area contributed by atoms with E-state index in [1.807, 2.05) is 23.1 Å². The van der Waals surface area contributed by atoms with Crippen LogP contribution in [0.1, 0.15) is 70.3 Å². The number of aliphatic hydroxyl groups excluding tert-OH is 1. The molecule has 3 aromatic rings. The van der Waals surface area contributed by atoms with E-state index in [1.54, 1.807) is 0 Å². The first-order valence-electron chi connectivity index (χ1n) is 12.5. The maximum atomic E-state index is 12.9. The fraction of sp³-hybridized carbons (Fsp3) is 0.481. The van der Waals surface area contributed by atoms with Crippen molar-refractivity contribution in [3.8, 4) is 22.5 Å². The summed E-state index contributed by atoms with van der Waals surface area (Å²) in [4.78, 5) is 14.9. The number of H-pyrrole nitrogens is 1. The van der Waals surface area contributed by atoms with Crippen molar-refractivity contribution >= 4 is 5.91 Å². The SMILES string of the molecule is CCCCC(=O)N(CCCCCCCCO)Cc1ccc(-c2ccccc2-c2nnn[nH]2)cc1. The van der Waals surface area contributed by atoms with Gasteiger partial charge in [-0.3, -0.25) is 4.79 Å². The number of aromatic amines is 1. The fourth-order valence-electron chi connectivity index (χ4n) is 4.12. The van der Waals surface area contributed by atoms with Crippen LogP contribution in [-0.4, -0.2) is 49.7 Å². The summed E-state index contributed by atoms with van der Waals surface area (Å²) in [6.45, 7) is 3.84. The number of unbranched alkanes of at least 4 members (excludes halogenated alkanes) is 6. The molecule has 34 heavy (non-hydrogen) atoms. The van der Waals surface area contributed by atoms with Crippen LogP contribution >= 0.6 is 0 Å². The number of carbonyl (C=O) groups excluding carboxylic acids is 1. The molecule has 0 unspecified atom stereocenters. The molecule has 1 amide bonds. The highest BCUT2D eigenvalue weighted by molar-refractivity contribution is 5.80. The van der Waals surface area contributed by atoms with Gasteiger partial charge in [-0.05, 0) is 46.4 Å². The van der Waals surface area contributed by atoms with Gasteiger partial charge in [0.15, 0.2) is 5.82 Å². The Kier molecular flexibility index (Phi) is 10.7. The van der Waals surface area contributed by atoms with Gasteiger partial charge in [-0.15, -0.1) is 5.10 Å². The lowest BCUT2D eigenvalue weighted by Gasteiger charge is -2.23. The Hall–Kier alpha value is -3.06. The zero-order chi connectivity index (χ0) is 24.0. The predicted molar refractivity (Wildman–Crippen MR) is 135 cm³/mol. The number of nitrogens with one attached hydrogen (secondary N) is 1. The Morgan fingerprint density at radius 3 is 2.29 bits per heavy atom. The number of nitrogens with zero attached hydrogens (tertiary/aromatic N) is 4. The molecule has 7 nitrogen and oxygen atoms in total. The smallest absolute Gasteiger partial charge is 0.222 e. The maximum Gasteiger partial charge on any atom is 0.222 e. The van der Waals surface area contributed by atoms with E-state index in [4.69, 9.17) is 5.11 Å². The molecule has 0 spiro atoms. The van der Waals surface area contributed by atoms with Gasteiger partial charge in [0.05, 0.1) is 0 Å². The maximum absolute atomic E-state index is 12.9. The molecule has 0 saturated heterocycles. The topological polar surface area (TPSA) is 95.0 Å². The Balaban J connectivity index is 1.63. The molecule has 1 heterocycles. The minimum absolute atomic E-state index is 0.245. The molecule has 3 rings (SSSR count). The molecule has 0 fully saturated rings. The van der Waals surface area contributed by atoms with E-state index in [0.717, 1.165) is 80.2 Å². The van der Waals surface area contributed by atoms with Crippen LogP contribution in [-0.2, 0) is 11.3 Å². The predicted octanol–water partition coefficient (Wildman–Crippen LogP) is 5.39. The van der Waals surface area contributed by atoms with Gasteiger partial charge in [-0.2, -0.15) is 0 Å². The average molecular weight is 464 g/mol. The first kappa shape index (κ1) is 25.6. The van der Waals surface area contributed by atoms with E-state index < -0.39 is 0 Å². The summed E-state index contributed by atoms with van der Waals surface area (Å²) < 4.78 is 0.